The van der Waals surface area contributed by atoms with Gasteiger partial charge in [0.05, 0.1) is 6.61 Å². The lowest BCUT2D eigenvalue weighted by Crippen LogP contribution is -2.39. The topological polar surface area (TPSA) is 57.5 Å². The van der Waals surface area contributed by atoms with E-state index in [1.807, 2.05) is 0 Å². The predicted molar refractivity (Wildman–Crippen MR) is 46.7 cm³/mol. The Kier molecular flexibility index (Phi) is 3.61. The molecule has 0 saturated heterocycles. The van der Waals surface area contributed by atoms with Crippen molar-refractivity contribution in [2.75, 3.05) is 6.61 Å². The number of aliphatic hydroxyl groups is 2. The number of rotatable bonds is 4. The van der Waals surface area contributed by atoms with Crippen LogP contribution in [0.15, 0.2) is 12.2 Å². The molecule has 0 saturated carbocycles. The maximum Gasteiger partial charge on any atom is 0.187 e. The maximum absolute atomic E-state index is 11.2. The second kappa shape index (κ2) is 3.83. The van der Waals surface area contributed by atoms with Crippen molar-refractivity contribution in [2.24, 2.45) is 5.41 Å². The molecule has 1 unspecified atom stereocenters. The summed E-state index contributed by atoms with van der Waals surface area (Å²) >= 11 is 0. The Bertz CT molecular complexity index is 194. The van der Waals surface area contributed by atoms with Crippen LogP contribution in [0, 0.1) is 5.41 Å². The summed E-state index contributed by atoms with van der Waals surface area (Å²) in [4.78, 5) is 11.2. The number of aliphatic hydroxyl groups excluding tert-OH is 2. The van der Waals surface area contributed by atoms with Gasteiger partial charge in [0.25, 0.3) is 0 Å². The molecule has 0 aromatic heterocycles. The van der Waals surface area contributed by atoms with Crippen molar-refractivity contribution in [3.8, 4) is 0 Å². The molecular weight excluding hydrogens is 156 g/mol. The minimum atomic E-state index is -1.17. The van der Waals surface area contributed by atoms with E-state index in [0.29, 0.717) is 5.57 Å². The molecule has 0 bridgehead atoms. The molecule has 0 aliphatic rings. The molecule has 2 N–H and O–H groups in total. The van der Waals surface area contributed by atoms with Gasteiger partial charge in [0.2, 0.25) is 0 Å². The number of hydrogen-bond acceptors (Lipinski definition) is 3. The predicted octanol–water partition coefficient (Wildman–Crippen LogP) is 0.511. The number of carbonyl (C=O) groups is 1. The largest absolute Gasteiger partial charge is 0.396 e. The Labute approximate surface area is 72.7 Å². The summed E-state index contributed by atoms with van der Waals surface area (Å²) in [5.74, 6) is -0.408. The summed E-state index contributed by atoms with van der Waals surface area (Å²) < 4.78 is 0. The Morgan fingerprint density at radius 2 is 2.00 bits per heavy atom. The van der Waals surface area contributed by atoms with Crippen molar-refractivity contribution in [3.05, 3.63) is 12.2 Å². The van der Waals surface area contributed by atoms with Crippen molar-refractivity contribution < 1.29 is 15.0 Å². The van der Waals surface area contributed by atoms with Gasteiger partial charge in [0.1, 0.15) is 6.10 Å². The molecule has 0 aliphatic carbocycles. The second-order valence-corrected chi connectivity index (χ2v) is 3.69. The highest BCUT2D eigenvalue weighted by Crippen LogP contribution is 2.21. The van der Waals surface area contributed by atoms with Crippen molar-refractivity contribution in [1.29, 1.82) is 0 Å². The molecule has 0 aromatic rings. The fraction of sp³-hybridized carbons (Fsp3) is 0.667. The van der Waals surface area contributed by atoms with Gasteiger partial charge >= 0.3 is 0 Å². The number of hydrogen-bond donors (Lipinski definition) is 2. The van der Waals surface area contributed by atoms with Gasteiger partial charge in [-0.2, -0.15) is 0 Å². The van der Waals surface area contributed by atoms with E-state index in [-0.39, 0.29) is 6.61 Å². The Hall–Kier alpha value is -0.670. The van der Waals surface area contributed by atoms with E-state index in [0.717, 1.165) is 0 Å². The first-order valence-electron chi connectivity index (χ1n) is 3.81. The number of carbonyl (C=O) groups excluding carboxylic acids is 1. The summed E-state index contributed by atoms with van der Waals surface area (Å²) in [6, 6.07) is 0. The first-order chi connectivity index (χ1) is 5.33. The Balaban J connectivity index is 4.49. The van der Waals surface area contributed by atoms with E-state index < -0.39 is 17.3 Å². The van der Waals surface area contributed by atoms with Gasteiger partial charge in [0.15, 0.2) is 5.78 Å². The molecule has 0 aliphatic heterocycles. The first-order valence-corrected chi connectivity index (χ1v) is 3.81. The third-order valence-electron chi connectivity index (χ3n) is 1.82. The fourth-order valence-electron chi connectivity index (χ4n) is 0.675. The lowest BCUT2D eigenvalue weighted by Gasteiger charge is -2.26. The van der Waals surface area contributed by atoms with Crippen molar-refractivity contribution in [2.45, 2.75) is 26.9 Å². The smallest absolute Gasteiger partial charge is 0.187 e. The zero-order valence-electron chi connectivity index (χ0n) is 7.79. The van der Waals surface area contributed by atoms with Crippen LogP contribution in [0.4, 0.5) is 0 Å². The van der Waals surface area contributed by atoms with E-state index in [2.05, 4.69) is 6.58 Å². The number of ketones is 1. The van der Waals surface area contributed by atoms with Crippen LogP contribution in [0.5, 0.6) is 0 Å². The normalized spacial score (nSPS) is 14.1. The lowest BCUT2D eigenvalue weighted by atomic mass is 9.84. The van der Waals surface area contributed by atoms with Crippen LogP contribution >= 0.6 is 0 Å². The van der Waals surface area contributed by atoms with Gasteiger partial charge in [-0.25, -0.2) is 0 Å². The summed E-state index contributed by atoms with van der Waals surface area (Å²) in [7, 11) is 0. The van der Waals surface area contributed by atoms with Crippen molar-refractivity contribution >= 4 is 5.78 Å². The minimum Gasteiger partial charge on any atom is -0.396 e. The third-order valence-corrected chi connectivity index (χ3v) is 1.82. The molecule has 70 valence electrons. The molecular formula is C9H16O3. The first kappa shape index (κ1) is 11.3. The number of Topliss-reactive ketones (excluding diaryl/α,β-unsaturated/α-hetero) is 1. The van der Waals surface area contributed by atoms with Crippen LogP contribution in [0.2, 0.25) is 0 Å². The highest BCUT2D eigenvalue weighted by atomic mass is 16.3. The molecule has 3 nitrogen and oxygen atoms in total. The van der Waals surface area contributed by atoms with Gasteiger partial charge in [-0.05, 0) is 12.5 Å². The zero-order valence-corrected chi connectivity index (χ0v) is 7.79. The van der Waals surface area contributed by atoms with E-state index in [4.69, 9.17) is 5.11 Å². The molecule has 0 fully saturated rings. The average molecular weight is 172 g/mol. The molecule has 0 radical (unpaired) electrons. The molecule has 1 atom stereocenters. The van der Waals surface area contributed by atoms with E-state index in [9.17, 15) is 9.90 Å². The summed E-state index contributed by atoms with van der Waals surface area (Å²) in [6.45, 7) is 7.99. The van der Waals surface area contributed by atoms with Crippen LogP contribution in [-0.2, 0) is 4.79 Å². The van der Waals surface area contributed by atoms with Crippen LogP contribution in [0.25, 0.3) is 0 Å². The van der Waals surface area contributed by atoms with Crippen LogP contribution in [-0.4, -0.2) is 28.7 Å². The van der Waals surface area contributed by atoms with Crippen molar-refractivity contribution in [3.63, 3.8) is 0 Å². The minimum absolute atomic E-state index is 0.229. The fourth-order valence-corrected chi connectivity index (χ4v) is 0.675. The van der Waals surface area contributed by atoms with Crippen molar-refractivity contribution in [1.82, 2.24) is 0 Å². The van der Waals surface area contributed by atoms with Crippen LogP contribution in [0.1, 0.15) is 20.8 Å². The van der Waals surface area contributed by atoms with E-state index in [1.165, 1.54) is 0 Å². The van der Waals surface area contributed by atoms with Gasteiger partial charge in [-0.1, -0.05) is 20.4 Å². The van der Waals surface area contributed by atoms with Crippen LogP contribution < -0.4 is 0 Å². The molecule has 0 aromatic carbocycles. The zero-order chi connectivity index (χ0) is 9.94. The SMILES string of the molecule is C=C(C)C(=O)C(O)C(C)(C)CO. The standard InChI is InChI=1S/C9H16O3/c1-6(2)7(11)8(12)9(3,4)5-10/h8,10,12H,1,5H2,2-4H3. The second-order valence-electron chi connectivity index (χ2n) is 3.69. The molecule has 3 heteroatoms. The van der Waals surface area contributed by atoms with Gasteiger partial charge in [0, 0.05) is 5.41 Å². The van der Waals surface area contributed by atoms with Crippen LogP contribution in [0.3, 0.4) is 0 Å². The quantitative estimate of drug-likeness (QED) is 0.607. The molecule has 0 amide bonds. The monoisotopic (exact) mass is 172 g/mol. The van der Waals surface area contributed by atoms with E-state index in [1.54, 1.807) is 20.8 Å². The summed E-state index contributed by atoms with van der Waals surface area (Å²) in [5, 5.41) is 18.3. The highest BCUT2D eigenvalue weighted by Gasteiger charge is 2.32. The maximum atomic E-state index is 11.2. The summed E-state index contributed by atoms with van der Waals surface area (Å²) in [6.07, 6.45) is -1.17. The Morgan fingerprint density at radius 1 is 1.58 bits per heavy atom. The molecule has 0 spiro atoms. The Morgan fingerprint density at radius 3 is 2.25 bits per heavy atom. The molecule has 0 rings (SSSR count). The molecule has 12 heavy (non-hydrogen) atoms. The summed E-state index contributed by atoms with van der Waals surface area (Å²) in [5.41, 5.74) is -0.486. The van der Waals surface area contributed by atoms with Gasteiger partial charge in [-0.3, -0.25) is 4.79 Å². The highest BCUT2D eigenvalue weighted by molar-refractivity contribution is 5.98. The average Bonchev–Trinajstić information content (AvgIpc) is 2.01. The van der Waals surface area contributed by atoms with Gasteiger partial charge in [-0.15, -0.1) is 0 Å². The third kappa shape index (κ3) is 2.43. The van der Waals surface area contributed by atoms with Gasteiger partial charge < -0.3 is 10.2 Å². The van der Waals surface area contributed by atoms with E-state index >= 15 is 0 Å². The molecule has 0 heterocycles. The lowest BCUT2D eigenvalue weighted by molar-refractivity contribution is -0.130.